The summed E-state index contributed by atoms with van der Waals surface area (Å²) < 4.78 is 0. The summed E-state index contributed by atoms with van der Waals surface area (Å²) in [6.45, 7) is 13.5. The van der Waals surface area contributed by atoms with Gasteiger partial charge in [-0.25, -0.2) is 0 Å². The highest BCUT2D eigenvalue weighted by Gasteiger charge is 2.30. The maximum atomic E-state index is 5.86. The van der Waals surface area contributed by atoms with Gasteiger partial charge < -0.3 is 10.6 Å². The molecular weight excluding hydrogens is 174 g/mol. The Bertz CT molecular complexity index is 158. The maximum Gasteiger partial charge on any atom is 0.0302 e. The van der Waals surface area contributed by atoms with Crippen LogP contribution in [0.2, 0.25) is 0 Å². The van der Waals surface area contributed by atoms with Crippen molar-refractivity contribution in [1.29, 1.82) is 0 Å². The van der Waals surface area contributed by atoms with Crippen molar-refractivity contribution in [3.8, 4) is 0 Å². The highest BCUT2D eigenvalue weighted by Crippen LogP contribution is 2.19. The van der Waals surface area contributed by atoms with Crippen LogP contribution in [-0.4, -0.2) is 54.6 Å². The highest BCUT2D eigenvalue weighted by atomic mass is 15.3. The summed E-state index contributed by atoms with van der Waals surface area (Å²) in [6, 6.07) is 0. The first-order valence-corrected chi connectivity index (χ1v) is 5.83. The first kappa shape index (κ1) is 12.0. The number of nitrogens with zero attached hydrogens (tertiary/aromatic N) is 2. The van der Waals surface area contributed by atoms with E-state index in [0.29, 0.717) is 0 Å². The van der Waals surface area contributed by atoms with Gasteiger partial charge in [0, 0.05) is 38.3 Å². The molecule has 0 radical (unpaired) electrons. The minimum atomic E-state index is 0.222. The fourth-order valence-electron chi connectivity index (χ4n) is 2.10. The molecule has 1 aliphatic heterocycles. The summed E-state index contributed by atoms with van der Waals surface area (Å²) in [5, 5.41) is 0. The van der Waals surface area contributed by atoms with Crippen LogP contribution in [0.25, 0.3) is 0 Å². The van der Waals surface area contributed by atoms with Crippen molar-refractivity contribution in [2.24, 2.45) is 5.73 Å². The van der Waals surface area contributed by atoms with Crippen molar-refractivity contribution >= 4 is 0 Å². The van der Waals surface area contributed by atoms with E-state index < -0.39 is 0 Å². The molecule has 0 aliphatic carbocycles. The number of nitrogens with two attached hydrogens (primary N) is 1. The minimum absolute atomic E-state index is 0.222. The molecule has 1 fully saturated rings. The summed E-state index contributed by atoms with van der Waals surface area (Å²) >= 11 is 0. The van der Waals surface area contributed by atoms with E-state index in [1.807, 2.05) is 0 Å². The second-order valence-electron chi connectivity index (χ2n) is 4.48. The Kier molecular flexibility index (Phi) is 4.35. The monoisotopic (exact) mass is 199 g/mol. The van der Waals surface area contributed by atoms with Gasteiger partial charge in [0.05, 0.1) is 0 Å². The Morgan fingerprint density at radius 2 is 1.71 bits per heavy atom. The zero-order chi connectivity index (χ0) is 10.6. The van der Waals surface area contributed by atoms with E-state index in [0.717, 1.165) is 13.0 Å². The van der Waals surface area contributed by atoms with E-state index in [1.165, 1.54) is 32.7 Å². The van der Waals surface area contributed by atoms with Crippen molar-refractivity contribution in [3.63, 3.8) is 0 Å². The van der Waals surface area contributed by atoms with Crippen molar-refractivity contribution in [2.75, 3.05) is 39.3 Å². The predicted octanol–water partition coefficient (Wildman–Crippen LogP) is 0.751. The van der Waals surface area contributed by atoms with E-state index in [4.69, 9.17) is 5.73 Å². The molecule has 1 unspecified atom stereocenters. The molecule has 1 rings (SSSR count). The van der Waals surface area contributed by atoms with Crippen molar-refractivity contribution < 1.29 is 0 Å². The van der Waals surface area contributed by atoms with E-state index >= 15 is 0 Å². The summed E-state index contributed by atoms with van der Waals surface area (Å²) in [5.74, 6) is 0. The lowest BCUT2D eigenvalue weighted by Crippen LogP contribution is -2.58. The van der Waals surface area contributed by atoms with Gasteiger partial charge in [0.2, 0.25) is 0 Å². The van der Waals surface area contributed by atoms with Crippen LogP contribution in [-0.2, 0) is 0 Å². The number of hydrogen-bond acceptors (Lipinski definition) is 3. The lowest BCUT2D eigenvalue weighted by Gasteiger charge is -2.45. The average molecular weight is 199 g/mol. The second kappa shape index (κ2) is 5.10. The third kappa shape index (κ3) is 2.47. The molecule has 0 amide bonds. The molecule has 0 saturated carbocycles. The van der Waals surface area contributed by atoms with E-state index in [9.17, 15) is 0 Å². The van der Waals surface area contributed by atoms with Gasteiger partial charge in [0.1, 0.15) is 0 Å². The number of piperazine rings is 1. The van der Waals surface area contributed by atoms with Crippen molar-refractivity contribution in [2.45, 2.75) is 32.7 Å². The van der Waals surface area contributed by atoms with Crippen LogP contribution in [0, 0.1) is 0 Å². The van der Waals surface area contributed by atoms with Crippen LogP contribution in [0.4, 0.5) is 0 Å². The normalized spacial score (nSPS) is 24.9. The molecule has 84 valence electrons. The molecule has 1 saturated heterocycles. The number of rotatable bonds is 4. The highest BCUT2D eigenvalue weighted by molar-refractivity contribution is 4.88. The lowest BCUT2D eigenvalue weighted by atomic mass is 9.95. The van der Waals surface area contributed by atoms with Crippen LogP contribution >= 0.6 is 0 Å². The quantitative estimate of drug-likeness (QED) is 0.725. The average Bonchev–Trinajstić information content (AvgIpc) is 2.28. The van der Waals surface area contributed by atoms with Crippen LogP contribution in [0.5, 0.6) is 0 Å². The van der Waals surface area contributed by atoms with Gasteiger partial charge in [-0.05, 0) is 19.9 Å². The van der Waals surface area contributed by atoms with Gasteiger partial charge in [-0.2, -0.15) is 0 Å². The Labute approximate surface area is 88.2 Å². The lowest BCUT2D eigenvalue weighted by molar-refractivity contribution is 0.0462. The van der Waals surface area contributed by atoms with Crippen LogP contribution in [0.3, 0.4) is 0 Å². The summed E-state index contributed by atoms with van der Waals surface area (Å²) in [5.41, 5.74) is 6.08. The molecular formula is C11H25N3. The standard InChI is InChI=1S/C11H25N3/c1-4-11(3,10-12)14-8-6-13(5-2)7-9-14/h4-10,12H2,1-3H3. The van der Waals surface area contributed by atoms with Gasteiger partial charge in [-0.15, -0.1) is 0 Å². The smallest absolute Gasteiger partial charge is 0.0302 e. The molecule has 1 atom stereocenters. The van der Waals surface area contributed by atoms with Crippen LogP contribution < -0.4 is 5.73 Å². The summed E-state index contributed by atoms with van der Waals surface area (Å²) in [6.07, 6.45) is 1.15. The molecule has 14 heavy (non-hydrogen) atoms. The Morgan fingerprint density at radius 3 is 2.07 bits per heavy atom. The molecule has 0 spiro atoms. The van der Waals surface area contributed by atoms with Gasteiger partial charge in [-0.3, -0.25) is 4.90 Å². The van der Waals surface area contributed by atoms with E-state index in [-0.39, 0.29) is 5.54 Å². The first-order chi connectivity index (χ1) is 6.66. The topological polar surface area (TPSA) is 32.5 Å². The van der Waals surface area contributed by atoms with Crippen molar-refractivity contribution in [3.05, 3.63) is 0 Å². The first-order valence-electron chi connectivity index (χ1n) is 5.83. The third-order valence-electron chi connectivity index (χ3n) is 3.78. The van der Waals surface area contributed by atoms with E-state index in [1.54, 1.807) is 0 Å². The molecule has 1 aliphatic rings. The SMILES string of the molecule is CCN1CCN(C(C)(CC)CN)CC1. The summed E-state index contributed by atoms with van der Waals surface area (Å²) in [7, 11) is 0. The molecule has 0 aromatic rings. The number of likely N-dealkylation sites (N-methyl/N-ethyl adjacent to an activating group) is 1. The van der Waals surface area contributed by atoms with Gasteiger partial charge >= 0.3 is 0 Å². The summed E-state index contributed by atoms with van der Waals surface area (Å²) in [4.78, 5) is 5.06. The zero-order valence-corrected chi connectivity index (χ0v) is 9.92. The second-order valence-corrected chi connectivity index (χ2v) is 4.48. The molecule has 0 aromatic carbocycles. The minimum Gasteiger partial charge on any atom is -0.329 e. The molecule has 0 aromatic heterocycles. The maximum absolute atomic E-state index is 5.86. The molecule has 3 heteroatoms. The van der Waals surface area contributed by atoms with Crippen LogP contribution in [0.15, 0.2) is 0 Å². The Balaban J connectivity index is 2.47. The van der Waals surface area contributed by atoms with Gasteiger partial charge in [0.25, 0.3) is 0 Å². The third-order valence-corrected chi connectivity index (χ3v) is 3.78. The molecule has 3 nitrogen and oxygen atoms in total. The zero-order valence-electron chi connectivity index (χ0n) is 9.92. The molecule has 0 bridgehead atoms. The Hall–Kier alpha value is -0.120. The fraction of sp³-hybridized carbons (Fsp3) is 1.00. The predicted molar refractivity (Wildman–Crippen MR) is 61.4 cm³/mol. The fourth-order valence-corrected chi connectivity index (χ4v) is 2.10. The van der Waals surface area contributed by atoms with Crippen molar-refractivity contribution in [1.82, 2.24) is 9.80 Å². The largest absolute Gasteiger partial charge is 0.329 e. The van der Waals surface area contributed by atoms with Crippen LogP contribution in [0.1, 0.15) is 27.2 Å². The molecule has 1 heterocycles. The van der Waals surface area contributed by atoms with E-state index in [2.05, 4.69) is 30.6 Å². The van der Waals surface area contributed by atoms with Gasteiger partial charge in [0.15, 0.2) is 0 Å². The van der Waals surface area contributed by atoms with Gasteiger partial charge in [-0.1, -0.05) is 13.8 Å². The number of hydrogen-bond donors (Lipinski definition) is 1. The molecule has 2 N–H and O–H groups in total. The Morgan fingerprint density at radius 1 is 1.14 bits per heavy atom.